The zero-order chi connectivity index (χ0) is 13.8. The van der Waals surface area contributed by atoms with Gasteiger partial charge in [0.15, 0.2) is 11.5 Å². The Balaban J connectivity index is 1.56. The molecule has 0 saturated carbocycles. The number of rotatable bonds is 4. The number of β-amino-alcohol motifs (C(OH)–C–C–N with tert-alkyl or cyclic N) is 1. The summed E-state index contributed by atoms with van der Waals surface area (Å²) in [5.41, 5.74) is 1.02. The molecule has 0 spiro atoms. The smallest absolute Gasteiger partial charge is 0.231 e. The fourth-order valence-electron chi connectivity index (χ4n) is 2.71. The van der Waals surface area contributed by atoms with Crippen LogP contribution >= 0.6 is 0 Å². The quantitative estimate of drug-likeness (QED) is 0.915. The van der Waals surface area contributed by atoms with E-state index in [0.29, 0.717) is 6.79 Å². The molecule has 1 fully saturated rings. The normalized spacial score (nSPS) is 20.4. The van der Waals surface area contributed by atoms with Crippen molar-refractivity contribution in [1.82, 2.24) is 4.90 Å². The molecule has 4 nitrogen and oxygen atoms in total. The Kier molecular flexibility index (Phi) is 4.23. The molecule has 1 aromatic rings. The summed E-state index contributed by atoms with van der Waals surface area (Å²) < 4.78 is 10.6. The van der Waals surface area contributed by atoms with Gasteiger partial charge in [0.1, 0.15) is 0 Å². The van der Waals surface area contributed by atoms with E-state index >= 15 is 0 Å². The van der Waals surface area contributed by atoms with Crippen LogP contribution in [0.25, 0.3) is 6.08 Å². The maximum atomic E-state index is 10.1. The van der Waals surface area contributed by atoms with Crippen LogP contribution in [-0.4, -0.2) is 42.5 Å². The summed E-state index contributed by atoms with van der Waals surface area (Å²) in [6.07, 6.45) is 7.19. The van der Waals surface area contributed by atoms with E-state index in [1.54, 1.807) is 0 Å². The topological polar surface area (TPSA) is 41.9 Å². The molecule has 0 aromatic heterocycles. The lowest BCUT2D eigenvalue weighted by Crippen LogP contribution is -2.35. The third kappa shape index (κ3) is 3.32. The van der Waals surface area contributed by atoms with Gasteiger partial charge in [-0.2, -0.15) is 0 Å². The van der Waals surface area contributed by atoms with Gasteiger partial charge in [0.2, 0.25) is 6.79 Å². The van der Waals surface area contributed by atoms with Crippen LogP contribution in [0.3, 0.4) is 0 Å². The van der Waals surface area contributed by atoms with Gasteiger partial charge in [0.05, 0.1) is 6.10 Å². The van der Waals surface area contributed by atoms with E-state index < -0.39 is 6.10 Å². The van der Waals surface area contributed by atoms with Gasteiger partial charge in [-0.25, -0.2) is 0 Å². The summed E-state index contributed by atoms with van der Waals surface area (Å²) in [6.45, 7) is 3.23. The average Bonchev–Trinajstić information content (AvgIpc) is 2.93. The molecule has 0 aliphatic carbocycles. The number of aliphatic hydroxyl groups excluding tert-OH is 1. The molecule has 4 heteroatoms. The van der Waals surface area contributed by atoms with Crippen LogP contribution < -0.4 is 9.47 Å². The first-order valence-electron chi connectivity index (χ1n) is 7.29. The highest BCUT2D eigenvalue weighted by Crippen LogP contribution is 2.32. The molecule has 3 rings (SSSR count). The van der Waals surface area contributed by atoms with Gasteiger partial charge < -0.3 is 19.5 Å². The zero-order valence-electron chi connectivity index (χ0n) is 11.6. The minimum atomic E-state index is -0.418. The van der Waals surface area contributed by atoms with Crippen LogP contribution in [0.1, 0.15) is 24.8 Å². The lowest BCUT2D eigenvalue weighted by Gasteiger charge is -2.27. The van der Waals surface area contributed by atoms with E-state index in [-0.39, 0.29) is 0 Å². The van der Waals surface area contributed by atoms with E-state index in [2.05, 4.69) is 4.90 Å². The standard InChI is InChI=1S/C16H21NO3/c18-14(11-17-8-2-1-3-9-17)6-4-13-5-7-15-16(10-13)20-12-19-15/h4-7,10,14,18H,1-3,8-9,11-12H2/b6-4-. The second-order valence-corrected chi connectivity index (χ2v) is 5.40. The Hall–Kier alpha value is -1.52. The van der Waals surface area contributed by atoms with E-state index in [4.69, 9.17) is 9.47 Å². The number of hydrogen-bond acceptors (Lipinski definition) is 4. The molecule has 2 aliphatic heterocycles. The number of likely N-dealkylation sites (tertiary alicyclic amines) is 1. The van der Waals surface area contributed by atoms with Crippen molar-refractivity contribution in [3.63, 3.8) is 0 Å². The fraction of sp³-hybridized carbons (Fsp3) is 0.500. The van der Waals surface area contributed by atoms with Crippen LogP contribution in [0.2, 0.25) is 0 Å². The van der Waals surface area contributed by atoms with Crippen molar-refractivity contribution in [2.24, 2.45) is 0 Å². The van der Waals surface area contributed by atoms with Crippen LogP contribution in [0.5, 0.6) is 11.5 Å². The SMILES string of the molecule is OC(/C=C\c1ccc2c(c1)OCO2)CN1CCCCC1. The van der Waals surface area contributed by atoms with Crippen molar-refractivity contribution in [3.8, 4) is 11.5 Å². The monoisotopic (exact) mass is 275 g/mol. The number of aliphatic hydroxyl groups is 1. The second-order valence-electron chi connectivity index (χ2n) is 5.40. The predicted molar refractivity (Wildman–Crippen MR) is 77.9 cm³/mol. The fourth-order valence-corrected chi connectivity index (χ4v) is 2.71. The number of fused-ring (bicyclic) bond motifs is 1. The Morgan fingerprint density at radius 3 is 2.80 bits per heavy atom. The van der Waals surface area contributed by atoms with Crippen molar-refractivity contribution in [1.29, 1.82) is 0 Å². The molecule has 1 atom stereocenters. The molecule has 1 aromatic carbocycles. The van der Waals surface area contributed by atoms with Crippen molar-refractivity contribution in [2.45, 2.75) is 25.4 Å². The average molecular weight is 275 g/mol. The highest BCUT2D eigenvalue weighted by Gasteiger charge is 2.14. The molecule has 1 saturated heterocycles. The molecule has 2 aliphatic rings. The van der Waals surface area contributed by atoms with E-state index in [0.717, 1.165) is 36.7 Å². The summed E-state index contributed by atoms with van der Waals surface area (Å²) >= 11 is 0. The van der Waals surface area contributed by atoms with Crippen LogP contribution in [0.15, 0.2) is 24.3 Å². The summed E-state index contributed by atoms with van der Waals surface area (Å²) in [5.74, 6) is 1.56. The van der Waals surface area contributed by atoms with Gasteiger partial charge in [-0.1, -0.05) is 24.6 Å². The third-order valence-corrected chi connectivity index (χ3v) is 3.80. The van der Waals surface area contributed by atoms with Gasteiger partial charge in [-0.15, -0.1) is 0 Å². The number of hydrogen-bond donors (Lipinski definition) is 1. The van der Waals surface area contributed by atoms with Crippen LogP contribution in [0.4, 0.5) is 0 Å². The van der Waals surface area contributed by atoms with Crippen molar-refractivity contribution in [3.05, 3.63) is 29.8 Å². The largest absolute Gasteiger partial charge is 0.454 e. The summed E-state index contributed by atoms with van der Waals surface area (Å²) in [7, 11) is 0. The first-order chi connectivity index (χ1) is 9.81. The van der Waals surface area contributed by atoms with E-state index in [1.165, 1.54) is 19.3 Å². The molecule has 2 heterocycles. The van der Waals surface area contributed by atoms with Gasteiger partial charge in [-0.05, 0) is 43.6 Å². The molecule has 0 bridgehead atoms. The van der Waals surface area contributed by atoms with Crippen molar-refractivity contribution < 1.29 is 14.6 Å². The highest BCUT2D eigenvalue weighted by molar-refractivity contribution is 5.56. The Labute approximate surface area is 119 Å². The lowest BCUT2D eigenvalue weighted by molar-refractivity contribution is 0.132. The van der Waals surface area contributed by atoms with Gasteiger partial charge >= 0.3 is 0 Å². The van der Waals surface area contributed by atoms with Crippen LogP contribution in [0, 0.1) is 0 Å². The maximum Gasteiger partial charge on any atom is 0.231 e. The van der Waals surface area contributed by atoms with Crippen LogP contribution in [-0.2, 0) is 0 Å². The molecular formula is C16H21NO3. The molecule has 1 N–H and O–H groups in total. The Morgan fingerprint density at radius 1 is 1.15 bits per heavy atom. The molecular weight excluding hydrogens is 254 g/mol. The second kappa shape index (κ2) is 6.29. The molecule has 0 amide bonds. The molecule has 1 unspecified atom stereocenters. The number of piperidine rings is 1. The minimum Gasteiger partial charge on any atom is -0.454 e. The Bertz CT molecular complexity index is 481. The Morgan fingerprint density at radius 2 is 1.95 bits per heavy atom. The summed E-state index contributed by atoms with van der Waals surface area (Å²) in [4.78, 5) is 2.33. The van der Waals surface area contributed by atoms with E-state index in [9.17, 15) is 5.11 Å². The number of ether oxygens (including phenoxy) is 2. The first kappa shape index (κ1) is 13.5. The number of nitrogens with zero attached hydrogens (tertiary/aromatic N) is 1. The molecule has 20 heavy (non-hydrogen) atoms. The zero-order valence-corrected chi connectivity index (χ0v) is 11.6. The summed E-state index contributed by atoms with van der Waals surface area (Å²) in [6, 6.07) is 5.81. The summed E-state index contributed by atoms with van der Waals surface area (Å²) in [5, 5.41) is 10.1. The van der Waals surface area contributed by atoms with Gasteiger partial charge in [0.25, 0.3) is 0 Å². The highest BCUT2D eigenvalue weighted by atomic mass is 16.7. The molecule has 108 valence electrons. The predicted octanol–water partition coefficient (Wildman–Crippen LogP) is 2.28. The van der Waals surface area contributed by atoms with Crippen molar-refractivity contribution in [2.75, 3.05) is 26.4 Å². The van der Waals surface area contributed by atoms with Crippen molar-refractivity contribution >= 4 is 6.08 Å². The van der Waals surface area contributed by atoms with Gasteiger partial charge in [0, 0.05) is 6.54 Å². The number of benzene rings is 1. The first-order valence-corrected chi connectivity index (χ1v) is 7.29. The third-order valence-electron chi connectivity index (χ3n) is 3.80. The maximum absolute atomic E-state index is 10.1. The molecule has 0 radical (unpaired) electrons. The van der Waals surface area contributed by atoms with Gasteiger partial charge in [-0.3, -0.25) is 0 Å². The lowest BCUT2D eigenvalue weighted by atomic mass is 10.1. The minimum absolute atomic E-state index is 0.292. The van der Waals surface area contributed by atoms with E-state index in [1.807, 2.05) is 30.4 Å².